The molecule has 0 radical (unpaired) electrons. The summed E-state index contributed by atoms with van der Waals surface area (Å²) in [5, 5.41) is 0.542. The van der Waals surface area contributed by atoms with Gasteiger partial charge in [0.05, 0.1) is 26.2 Å². The molecule has 0 aliphatic carbocycles. The molecule has 0 amide bonds. The van der Waals surface area contributed by atoms with Gasteiger partial charge < -0.3 is 4.98 Å². The zero-order valence-electron chi connectivity index (χ0n) is 19.5. The van der Waals surface area contributed by atoms with Crippen molar-refractivity contribution in [3.05, 3.63) is 81.6 Å². The topological polar surface area (TPSA) is 62.8 Å². The van der Waals surface area contributed by atoms with Crippen molar-refractivity contribution in [2.45, 2.75) is 43.7 Å². The number of benzene rings is 3. The van der Waals surface area contributed by atoms with Gasteiger partial charge in [0, 0.05) is 17.9 Å². The number of hydrogen-bond donors (Lipinski definition) is 1. The molecule has 1 atom stereocenters. The number of nitrogens with one attached hydrogen (secondary N) is 1. The highest BCUT2D eigenvalue weighted by Gasteiger charge is 2.28. The standard InChI is InChI=1S/C26H23Cl2F3N2O2S/c1-3-36(34,35)18-10-8-16(9-11-18)15(2)25-32-21-14-20(27)22(23(28)24(21)33-25)19-7-5-4-6-17(19)12-13-26(29,30)31/h4-11,14-15H,3,12-13H2,1-2H3,(H,32,33). The Hall–Kier alpha value is -2.55. The molecule has 1 unspecified atom stereocenters. The van der Waals surface area contributed by atoms with E-state index < -0.39 is 22.4 Å². The third kappa shape index (κ3) is 5.41. The van der Waals surface area contributed by atoms with Crippen LogP contribution in [0.4, 0.5) is 13.2 Å². The number of rotatable bonds is 7. The van der Waals surface area contributed by atoms with E-state index >= 15 is 0 Å². The summed E-state index contributed by atoms with van der Waals surface area (Å²) in [4.78, 5) is 8.16. The number of H-pyrrole nitrogens is 1. The predicted octanol–water partition coefficient (Wildman–Crippen LogP) is 7.98. The van der Waals surface area contributed by atoms with Crippen LogP contribution in [0.1, 0.15) is 43.1 Å². The van der Waals surface area contributed by atoms with Gasteiger partial charge in [0.25, 0.3) is 0 Å². The maximum Gasteiger partial charge on any atom is 0.389 e. The van der Waals surface area contributed by atoms with Gasteiger partial charge in [-0.3, -0.25) is 0 Å². The Morgan fingerprint density at radius 3 is 2.36 bits per heavy atom. The van der Waals surface area contributed by atoms with Crippen LogP contribution < -0.4 is 0 Å². The summed E-state index contributed by atoms with van der Waals surface area (Å²) in [6, 6.07) is 15.1. The van der Waals surface area contributed by atoms with Gasteiger partial charge in [0.2, 0.25) is 0 Å². The van der Waals surface area contributed by atoms with Gasteiger partial charge in [-0.05, 0) is 41.3 Å². The molecule has 10 heteroatoms. The minimum atomic E-state index is -4.28. The minimum absolute atomic E-state index is 0.0202. The molecule has 0 fully saturated rings. The van der Waals surface area contributed by atoms with Crippen LogP contribution >= 0.6 is 23.2 Å². The smallest absolute Gasteiger partial charge is 0.341 e. The van der Waals surface area contributed by atoms with Crippen molar-refractivity contribution in [3.8, 4) is 11.1 Å². The molecule has 3 aromatic carbocycles. The fraction of sp³-hybridized carbons (Fsp3) is 0.269. The average molecular weight is 555 g/mol. The Morgan fingerprint density at radius 2 is 1.72 bits per heavy atom. The van der Waals surface area contributed by atoms with Gasteiger partial charge in [-0.15, -0.1) is 0 Å². The molecular formula is C26H23Cl2F3N2O2S. The van der Waals surface area contributed by atoms with E-state index in [0.717, 1.165) is 5.56 Å². The van der Waals surface area contributed by atoms with Gasteiger partial charge in [0.1, 0.15) is 11.3 Å². The molecule has 1 N–H and O–H groups in total. The molecule has 0 aliphatic rings. The van der Waals surface area contributed by atoms with Crippen molar-refractivity contribution in [1.29, 1.82) is 0 Å². The fourth-order valence-electron chi connectivity index (χ4n) is 4.10. The highest BCUT2D eigenvalue weighted by molar-refractivity contribution is 7.91. The Balaban J connectivity index is 1.73. The van der Waals surface area contributed by atoms with Crippen molar-refractivity contribution in [2.24, 2.45) is 0 Å². The fourth-order valence-corrected chi connectivity index (χ4v) is 5.68. The maximum absolute atomic E-state index is 12.9. The lowest BCUT2D eigenvalue weighted by molar-refractivity contribution is -0.133. The molecule has 1 heterocycles. The number of aromatic amines is 1. The maximum atomic E-state index is 12.9. The first-order chi connectivity index (χ1) is 16.9. The van der Waals surface area contributed by atoms with Crippen LogP contribution in [-0.2, 0) is 16.3 Å². The summed E-state index contributed by atoms with van der Waals surface area (Å²) >= 11 is 13.3. The van der Waals surface area contributed by atoms with Gasteiger partial charge in [-0.1, -0.05) is 73.4 Å². The Kier molecular flexibility index (Phi) is 7.42. The highest BCUT2D eigenvalue weighted by atomic mass is 35.5. The second-order valence-electron chi connectivity index (χ2n) is 8.53. The van der Waals surface area contributed by atoms with E-state index in [1.165, 1.54) is 0 Å². The number of alkyl halides is 3. The predicted molar refractivity (Wildman–Crippen MR) is 138 cm³/mol. The van der Waals surface area contributed by atoms with Crippen molar-refractivity contribution < 1.29 is 21.6 Å². The van der Waals surface area contributed by atoms with Crippen molar-refractivity contribution in [2.75, 3.05) is 5.75 Å². The first-order valence-electron chi connectivity index (χ1n) is 11.3. The summed E-state index contributed by atoms with van der Waals surface area (Å²) in [6.07, 6.45) is -5.43. The lowest BCUT2D eigenvalue weighted by Crippen LogP contribution is -2.09. The SMILES string of the molecule is CCS(=O)(=O)c1ccc(C(C)c2nc3c(Cl)c(-c4ccccc4CCC(F)(F)F)c(Cl)cc3[nH]2)cc1. The number of halogens is 5. The molecule has 190 valence electrons. The van der Waals surface area contributed by atoms with Crippen molar-refractivity contribution in [3.63, 3.8) is 0 Å². The zero-order valence-corrected chi connectivity index (χ0v) is 21.8. The average Bonchev–Trinajstić information content (AvgIpc) is 3.27. The van der Waals surface area contributed by atoms with Crippen molar-refractivity contribution >= 4 is 44.1 Å². The number of imidazole rings is 1. The largest absolute Gasteiger partial charge is 0.389 e. The molecule has 4 nitrogen and oxygen atoms in total. The van der Waals surface area contributed by atoms with Crippen LogP contribution in [0.5, 0.6) is 0 Å². The highest BCUT2D eigenvalue weighted by Crippen LogP contribution is 2.42. The molecule has 4 rings (SSSR count). The number of fused-ring (bicyclic) bond motifs is 1. The van der Waals surface area contributed by atoms with E-state index in [2.05, 4.69) is 9.97 Å². The summed E-state index contributed by atoms with van der Waals surface area (Å²) in [5.74, 6) is 0.400. The van der Waals surface area contributed by atoms with E-state index in [1.54, 1.807) is 61.5 Å². The molecule has 0 saturated heterocycles. The second kappa shape index (κ2) is 10.1. The van der Waals surface area contributed by atoms with Crippen LogP contribution in [0.2, 0.25) is 10.0 Å². The second-order valence-corrected chi connectivity index (χ2v) is 11.6. The van der Waals surface area contributed by atoms with E-state index in [0.29, 0.717) is 38.6 Å². The summed E-state index contributed by atoms with van der Waals surface area (Å²) in [6.45, 7) is 3.52. The van der Waals surface area contributed by atoms with Gasteiger partial charge >= 0.3 is 6.18 Å². The number of hydrogen-bond acceptors (Lipinski definition) is 3. The Labute approximate surface area is 217 Å². The van der Waals surface area contributed by atoms with E-state index in [9.17, 15) is 21.6 Å². The van der Waals surface area contributed by atoms with Crippen LogP contribution in [0.15, 0.2) is 59.5 Å². The molecular weight excluding hydrogens is 532 g/mol. The van der Waals surface area contributed by atoms with Crippen LogP contribution in [0, 0.1) is 0 Å². The van der Waals surface area contributed by atoms with Gasteiger partial charge in [-0.25, -0.2) is 13.4 Å². The van der Waals surface area contributed by atoms with Crippen LogP contribution in [0.3, 0.4) is 0 Å². The molecule has 0 saturated carbocycles. The van der Waals surface area contributed by atoms with Crippen molar-refractivity contribution in [1.82, 2.24) is 9.97 Å². The van der Waals surface area contributed by atoms with Gasteiger partial charge in [0.15, 0.2) is 9.84 Å². The molecule has 4 aromatic rings. The summed E-state index contributed by atoms with van der Waals surface area (Å²) in [5.41, 5.74) is 3.35. The van der Waals surface area contributed by atoms with E-state index in [-0.39, 0.29) is 28.0 Å². The molecule has 0 aliphatic heterocycles. The normalized spacial score (nSPS) is 13.3. The summed E-state index contributed by atoms with van der Waals surface area (Å²) < 4.78 is 62.8. The number of nitrogens with zero attached hydrogens (tertiary/aromatic N) is 1. The minimum Gasteiger partial charge on any atom is -0.341 e. The quantitative estimate of drug-likeness (QED) is 0.252. The number of aryl methyl sites for hydroxylation is 1. The molecule has 1 aromatic heterocycles. The molecule has 0 spiro atoms. The first kappa shape index (κ1) is 26.5. The zero-order chi connectivity index (χ0) is 26.3. The number of sulfone groups is 1. The Morgan fingerprint density at radius 1 is 1.06 bits per heavy atom. The Bertz CT molecular complexity index is 1510. The van der Waals surface area contributed by atoms with E-state index in [4.69, 9.17) is 23.2 Å². The summed E-state index contributed by atoms with van der Waals surface area (Å²) in [7, 11) is -3.30. The lowest BCUT2D eigenvalue weighted by atomic mass is 9.96. The third-order valence-corrected chi connectivity index (χ3v) is 8.60. The first-order valence-corrected chi connectivity index (χ1v) is 13.7. The number of aromatic nitrogens is 2. The van der Waals surface area contributed by atoms with E-state index in [1.807, 2.05) is 6.92 Å². The van der Waals surface area contributed by atoms with Crippen LogP contribution in [0.25, 0.3) is 22.2 Å². The van der Waals surface area contributed by atoms with Gasteiger partial charge in [-0.2, -0.15) is 13.2 Å². The molecule has 36 heavy (non-hydrogen) atoms. The monoisotopic (exact) mass is 554 g/mol. The molecule has 0 bridgehead atoms. The van der Waals surface area contributed by atoms with Crippen LogP contribution in [-0.4, -0.2) is 30.3 Å². The lowest BCUT2D eigenvalue weighted by Gasteiger charge is -2.14. The third-order valence-electron chi connectivity index (χ3n) is 6.18.